The second-order valence-corrected chi connectivity index (χ2v) is 6.41. The zero-order valence-corrected chi connectivity index (χ0v) is 15.1. The highest BCUT2D eigenvalue weighted by atomic mass is 19.1. The van der Waals surface area contributed by atoms with E-state index in [2.05, 4.69) is 29.9 Å². The van der Waals surface area contributed by atoms with Crippen molar-refractivity contribution < 1.29 is 9.13 Å². The SMILES string of the molecule is C[C@H](c1ccccn1)N(C)Cc1cccc(OCc2ccc(F)cc2)c1. The van der Waals surface area contributed by atoms with Gasteiger partial charge in [-0.05, 0) is 61.5 Å². The molecule has 2 aromatic carbocycles. The quantitative estimate of drug-likeness (QED) is 0.600. The Hall–Kier alpha value is -2.72. The molecule has 0 unspecified atom stereocenters. The summed E-state index contributed by atoms with van der Waals surface area (Å²) in [5.74, 6) is 0.575. The van der Waals surface area contributed by atoms with Gasteiger partial charge in [0.1, 0.15) is 18.2 Å². The van der Waals surface area contributed by atoms with Crippen molar-refractivity contribution in [2.45, 2.75) is 26.1 Å². The van der Waals surface area contributed by atoms with E-state index in [1.807, 2.05) is 42.6 Å². The Morgan fingerprint density at radius 1 is 1.00 bits per heavy atom. The first-order valence-corrected chi connectivity index (χ1v) is 8.69. The van der Waals surface area contributed by atoms with Crippen LogP contribution >= 0.6 is 0 Å². The minimum Gasteiger partial charge on any atom is -0.489 e. The Bertz CT molecular complexity index is 821. The summed E-state index contributed by atoms with van der Waals surface area (Å²) >= 11 is 0. The molecule has 0 radical (unpaired) electrons. The molecule has 0 aliphatic carbocycles. The molecular weight excluding hydrogens is 327 g/mol. The fourth-order valence-corrected chi connectivity index (χ4v) is 2.75. The second kappa shape index (κ2) is 8.59. The molecule has 1 heterocycles. The third-order valence-corrected chi connectivity index (χ3v) is 4.43. The highest BCUT2D eigenvalue weighted by Crippen LogP contribution is 2.21. The molecule has 0 saturated heterocycles. The summed E-state index contributed by atoms with van der Waals surface area (Å²) in [7, 11) is 2.09. The van der Waals surface area contributed by atoms with Gasteiger partial charge in [-0.1, -0.05) is 30.3 Å². The number of pyridine rings is 1. The Labute approximate surface area is 154 Å². The zero-order valence-electron chi connectivity index (χ0n) is 15.1. The lowest BCUT2D eigenvalue weighted by atomic mass is 10.1. The summed E-state index contributed by atoms with van der Waals surface area (Å²) in [5, 5.41) is 0. The summed E-state index contributed by atoms with van der Waals surface area (Å²) in [6.45, 7) is 3.37. The summed E-state index contributed by atoms with van der Waals surface area (Å²) in [5.41, 5.74) is 3.17. The smallest absolute Gasteiger partial charge is 0.123 e. The third-order valence-electron chi connectivity index (χ3n) is 4.43. The molecule has 0 bridgehead atoms. The standard InChI is InChI=1S/C22H23FN2O/c1-17(22-8-3-4-13-24-22)25(2)15-19-6-5-7-21(14-19)26-16-18-9-11-20(23)12-10-18/h3-14,17H,15-16H2,1-2H3/t17-/m1/s1. The van der Waals surface area contributed by atoms with E-state index < -0.39 is 0 Å². The fourth-order valence-electron chi connectivity index (χ4n) is 2.75. The van der Waals surface area contributed by atoms with Gasteiger partial charge in [-0.15, -0.1) is 0 Å². The maximum Gasteiger partial charge on any atom is 0.123 e. The first-order chi connectivity index (χ1) is 12.6. The Morgan fingerprint density at radius 2 is 1.81 bits per heavy atom. The molecule has 3 nitrogen and oxygen atoms in total. The van der Waals surface area contributed by atoms with Crippen LogP contribution in [-0.4, -0.2) is 16.9 Å². The van der Waals surface area contributed by atoms with Crippen molar-refractivity contribution >= 4 is 0 Å². The third kappa shape index (κ3) is 4.90. The van der Waals surface area contributed by atoms with Crippen LogP contribution in [0.15, 0.2) is 72.9 Å². The first-order valence-electron chi connectivity index (χ1n) is 8.69. The number of nitrogens with zero attached hydrogens (tertiary/aromatic N) is 2. The normalized spacial score (nSPS) is 12.2. The monoisotopic (exact) mass is 350 g/mol. The van der Waals surface area contributed by atoms with Crippen LogP contribution < -0.4 is 4.74 Å². The number of hydrogen-bond acceptors (Lipinski definition) is 3. The Balaban J connectivity index is 1.60. The molecule has 0 aliphatic heterocycles. The van der Waals surface area contributed by atoms with E-state index in [4.69, 9.17) is 4.74 Å². The molecule has 3 rings (SSSR count). The predicted octanol–water partition coefficient (Wildman–Crippen LogP) is 4.99. The summed E-state index contributed by atoms with van der Waals surface area (Å²) in [4.78, 5) is 6.69. The molecule has 3 aromatic rings. The molecule has 0 amide bonds. The number of aromatic nitrogens is 1. The summed E-state index contributed by atoms with van der Waals surface area (Å²) in [6.07, 6.45) is 1.82. The molecule has 0 saturated carbocycles. The average Bonchev–Trinajstić information content (AvgIpc) is 2.68. The maximum atomic E-state index is 13.0. The molecule has 0 fully saturated rings. The van der Waals surface area contributed by atoms with E-state index >= 15 is 0 Å². The van der Waals surface area contributed by atoms with Gasteiger partial charge in [0.25, 0.3) is 0 Å². The summed E-state index contributed by atoms with van der Waals surface area (Å²) < 4.78 is 18.8. The van der Waals surface area contributed by atoms with E-state index in [9.17, 15) is 4.39 Å². The van der Waals surface area contributed by atoms with Crippen LogP contribution in [0.1, 0.15) is 29.8 Å². The van der Waals surface area contributed by atoms with E-state index in [0.717, 1.165) is 23.6 Å². The topological polar surface area (TPSA) is 25.4 Å². The van der Waals surface area contributed by atoms with E-state index in [1.165, 1.54) is 17.7 Å². The van der Waals surface area contributed by atoms with Crippen molar-refractivity contribution in [1.29, 1.82) is 0 Å². The maximum absolute atomic E-state index is 13.0. The second-order valence-electron chi connectivity index (χ2n) is 6.41. The highest BCUT2D eigenvalue weighted by molar-refractivity contribution is 5.29. The lowest BCUT2D eigenvalue weighted by Gasteiger charge is -2.24. The lowest BCUT2D eigenvalue weighted by Crippen LogP contribution is -2.22. The molecular formula is C22H23FN2O. The van der Waals surface area contributed by atoms with Gasteiger partial charge in [-0.25, -0.2) is 4.39 Å². The Kier molecular flexibility index (Phi) is 5.97. The van der Waals surface area contributed by atoms with Crippen molar-refractivity contribution in [2.24, 2.45) is 0 Å². The number of rotatable bonds is 7. The van der Waals surface area contributed by atoms with Crippen LogP contribution in [0.25, 0.3) is 0 Å². The van der Waals surface area contributed by atoms with Crippen molar-refractivity contribution in [3.8, 4) is 5.75 Å². The van der Waals surface area contributed by atoms with Gasteiger partial charge in [0.2, 0.25) is 0 Å². The molecule has 4 heteroatoms. The van der Waals surface area contributed by atoms with Crippen molar-refractivity contribution in [3.05, 3.63) is 95.6 Å². The highest BCUT2D eigenvalue weighted by Gasteiger charge is 2.13. The largest absolute Gasteiger partial charge is 0.489 e. The van der Waals surface area contributed by atoms with Crippen molar-refractivity contribution in [2.75, 3.05) is 7.05 Å². The van der Waals surface area contributed by atoms with Crippen LogP contribution in [-0.2, 0) is 13.2 Å². The molecule has 0 aliphatic rings. The molecule has 26 heavy (non-hydrogen) atoms. The Morgan fingerprint density at radius 3 is 2.54 bits per heavy atom. The van der Waals surface area contributed by atoms with Gasteiger partial charge < -0.3 is 4.74 Å². The molecule has 134 valence electrons. The van der Waals surface area contributed by atoms with Crippen LogP contribution in [0.4, 0.5) is 4.39 Å². The minimum atomic E-state index is -0.235. The minimum absolute atomic E-state index is 0.222. The number of halogens is 1. The predicted molar refractivity (Wildman–Crippen MR) is 101 cm³/mol. The van der Waals surface area contributed by atoms with Gasteiger partial charge >= 0.3 is 0 Å². The van der Waals surface area contributed by atoms with E-state index in [1.54, 1.807) is 12.1 Å². The van der Waals surface area contributed by atoms with Gasteiger partial charge in [-0.2, -0.15) is 0 Å². The lowest BCUT2D eigenvalue weighted by molar-refractivity contribution is 0.247. The van der Waals surface area contributed by atoms with Crippen LogP contribution in [0.2, 0.25) is 0 Å². The molecule has 1 aromatic heterocycles. The summed E-state index contributed by atoms with van der Waals surface area (Å²) in [6, 6.07) is 20.6. The zero-order chi connectivity index (χ0) is 18.4. The van der Waals surface area contributed by atoms with Gasteiger partial charge in [0.15, 0.2) is 0 Å². The van der Waals surface area contributed by atoms with E-state index in [0.29, 0.717) is 6.61 Å². The number of benzene rings is 2. The van der Waals surface area contributed by atoms with Crippen LogP contribution in [0.5, 0.6) is 5.75 Å². The van der Waals surface area contributed by atoms with Crippen LogP contribution in [0.3, 0.4) is 0 Å². The van der Waals surface area contributed by atoms with Gasteiger partial charge in [0.05, 0.1) is 5.69 Å². The number of ether oxygens (including phenoxy) is 1. The van der Waals surface area contributed by atoms with Crippen molar-refractivity contribution in [3.63, 3.8) is 0 Å². The number of hydrogen-bond donors (Lipinski definition) is 0. The molecule has 0 N–H and O–H groups in total. The van der Waals surface area contributed by atoms with Crippen LogP contribution in [0, 0.1) is 5.82 Å². The first kappa shape index (κ1) is 18.1. The van der Waals surface area contributed by atoms with E-state index in [-0.39, 0.29) is 11.9 Å². The van der Waals surface area contributed by atoms with Crippen molar-refractivity contribution in [1.82, 2.24) is 9.88 Å². The van der Waals surface area contributed by atoms with Gasteiger partial charge in [0, 0.05) is 18.8 Å². The molecule has 0 spiro atoms. The fraction of sp³-hybridized carbons (Fsp3) is 0.227. The average molecular weight is 350 g/mol. The van der Waals surface area contributed by atoms with Gasteiger partial charge in [-0.3, -0.25) is 9.88 Å². The molecule has 1 atom stereocenters.